The number of benzene rings is 1. The molecule has 2 aromatic rings. The van der Waals surface area contributed by atoms with Crippen molar-refractivity contribution in [2.75, 3.05) is 13.7 Å². The maximum Gasteiger partial charge on any atom is 0.139 e. The van der Waals surface area contributed by atoms with Crippen molar-refractivity contribution in [3.63, 3.8) is 0 Å². The second kappa shape index (κ2) is 5.55. The Morgan fingerprint density at radius 2 is 2.28 bits per heavy atom. The maximum atomic E-state index is 13.5. The highest BCUT2D eigenvalue weighted by Crippen LogP contribution is 2.27. The van der Waals surface area contributed by atoms with Gasteiger partial charge in [0.05, 0.1) is 34.0 Å². The Morgan fingerprint density at radius 3 is 2.89 bits per heavy atom. The molecule has 6 heteroatoms. The van der Waals surface area contributed by atoms with E-state index in [9.17, 15) is 4.39 Å². The van der Waals surface area contributed by atoms with E-state index in [1.807, 2.05) is 11.5 Å². The first-order chi connectivity index (χ1) is 8.58. The van der Waals surface area contributed by atoms with E-state index in [1.165, 1.54) is 6.07 Å². The number of fused-ring (bicyclic) bond motifs is 1. The number of alkyl halides is 1. The Balaban J connectivity index is 2.64. The Hall–Kier alpha value is -0.650. The number of ether oxygens (including phenoxy) is 1. The third-order valence-corrected chi connectivity index (χ3v) is 3.62. The van der Waals surface area contributed by atoms with Gasteiger partial charge < -0.3 is 9.30 Å². The molecule has 0 bridgehead atoms. The predicted molar refractivity (Wildman–Crippen MR) is 73.5 cm³/mol. The average Bonchev–Trinajstić information content (AvgIpc) is 2.68. The van der Waals surface area contributed by atoms with Crippen molar-refractivity contribution < 1.29 is 9.13 Å². The molecule has 1 aromatic carbocycles. The number of halogens is 3. The Kier molecular flexibility index (Phi) is 4.25. The lowest BCUT2D eigenvalue weighted by Gasteiger charge is -2.16. The van der Waals surface area contributed by atoms with Crippen LogP contribution in [0.1, 0.15) is 18.8 Å². The minimum Gasteiger partial charge on any atom is -0.383 e. The van der Waals surface area contributed by atoms with Crippen molar-refractivity contribution in [3.8, 4) is 0 Å². The van der Waals surface area contributed by atoms with Gasteiger partial charge in [-0.1, -0.05) is 0 Å². The van der Waals surface area contributed by atoms with Crippen LogP contribution in [-0.2, 0) is 10.6 Å². The molecular weight excluding hydrogens is 322 g/mol. The third kappa shape index (κ3) is 2.39. The molecule has 0 spiro atoms. The number of imidazole rings is 1. The zero-order valence-electron chi connectivity index (χ0n) is 10.1. The van der Waals surface area contributed by atoms with Gasteiger partial charge in [0, 0.05) is 13.2 Å². The molecule has 98 valence electrons. The molecule has 1 atom stereocenters. The highest BCUT2D eigenvalue weighted by Gasteiger charge is 2.17. The lowest BCUT2D eigenvalue weighted by atomic mass is 10.2. The van der Waals surface area contributed by atoms with Crippen LogP contribution in [0.15, 0.2) is 16.6 Å². The first-order valence-corrected chi connectivity index (χ1v) is 6.82. The first kappa shape index (κ1) is 13.8. The van der Waals surface area contributed by atoms with Gasteiger partial charge in [-0.3, -0.25) is 0 Å². The number of rotatable bonds is 4. The molecule has 18 heavy (non-hydrogen) atoms. The van der Waals surface area contributed by atoms with Gasteiger partial charge >= 0.3 is 0 Å². The summed E-state index contributed by atoms with van der Waals surface area (Å²) in [6.07, 6.45) is 0. The van der Waals surface area contributed by atoms with Gasteiger partial charge in [0.15, 0.2) is 0 Å². The Labute approximate surface area is 118 Å². The molecule has 0 saturated carbocycles. The molecular formula is C12H13BrClFN2O. The largest absolute Gasteiger partial charge is 0.383 e. The number of hydrogen-bond donors (Lipinski definition) is 0. The van der Waals surface area contributed by atoms with E-state index in [0.29, 0.717) is 22.4 Å². The summed E-state index contributed by atoms with van der Waals surface area (Å²) in [7, 11) is 1.64. The van der Waals surface area contributed by atoms with Gasteiger partial charge in [-0.05, 0) is 28.9 Å². The van der Waals surface area contributed by atoms with Gasteiger partial charge in [0.1, 0.15) is 11.6 Å². The summed E-state index contributed by atoms with van der Waals surface area (Å²) in [5.41, 5.74) is 1.46. The average molecular weight is 336 g/mol. The van der Waals surface area contributed by atoms with E-state index in [1.54, 1.807) is 13.2 Å². The Morgan fingerprint density at radius 1 is 1.56 bits per heavy atom. The topological polar surface area (TPSA) is 27.1 Å². The first-order valence-electron chi connectivity index (χ1n) is 5.49. The molecule has 0 saturated heterocycles. The van der Waals surface area contributed by atoms with Gasteiger partial charge in [-0.15, -0.1) is 11.6 Å². The molecule has 3 nitrogen and oxygen atoms in total. The smallest absolute Gasteiger partial charge is 0.139 e. The molecule has 2 rings (SSSR count). The van der Waals surface area contributed by atoms with E-state index in [-0.39, 0.29) is 17.7 Å². The summed E-state index contributed by atoms with van der Waals surface area (Å²) in [5, 5.41) is 0. The molecule has 0 aliphatic rings. The fourth-order valence-electron chi connectivity index (χ4n) is 2.04. The SMILES string of the molecule is COCC(C)n1c(CCl)nc2cc(F)c(Br)cc21. The molecule has 1 heterocycles. The summed E-state index contributed by atoms with van der Waals surface area (Å²) >= 11 is 9.09. The zero-order valence-corrected chi connectivity index (χ0v) is 12.4. The number of hydrogen-bond acceptors (Lipinski definition) is 2. The second-order valence-electron chi connectivity index (χ2n) is 4.09. The summed E-state index contributed by atoms with van der Waals surface area (Å²) in [6.45, 7) is 2.56. The monoisotopic (exact) mass is 334 g/mol. The molecule has 1 aromatic heterocycles. The second-order valence-corrected chi connectivity index (χ2v) is 5.21. The van der Waals surface area contributed by atoms with Crippen LogP contribution in [0.5, 0.6) is 0 Å². The predicted octanol–water partition coefficient (Wildman–Crippen LogP) is 3.88. The van der Waals surface area contributed by atoms with Crippen LogP contribution < -0.4 is 0 Å². The van der Waals surface area contributed by atoms with Crippen LogP contribution in [0.4, 0.5) is 4.39 Å². The van der Waals surface area contributed by atoms with Crippen molar-refractivity contribution in [1.82, 2.24) is 9.55 Å². The van der Waals surface area contributed by atoms with Crippen LogP contribution in [-0.4, -0.2) is 23.3 Å². The minimum atomic E-state index is -0.326. The van der Waals surface area contributed by atoms with Crippen LogP contribution in [0.3, 0.4) is 0 Å². The van der Waals surface area contributed by atoms with Crippen LogP contribution >= 0.6 is 27.5 Å². The van der Waals surface area contributed by atoms with Crippen molar-refractivity contribution in [3.05, 3.63) is 28.2 Å². The van der Waals surface area contributed by atoms with Gasteiger partial charge in [0.2, 0.25) is 0 Å². The van der Waals surface area contributed by atoms with Gasteiger partial charge in [-0.2, -0.15) is 0 Å². The molecule has 1 unspecified atom stereocenters. The fourth-order valence-corrected chi connectivity index (χ4v) is 2.56. The molecule has 0 aliphatic carbocycles. The summed E-state index contributed by atoms with van der Waals surface area (Å²) in [5.74, 6) is 0.670. The third-order valence-electron chi connectivity index (χ3n) is 2.77. The standard InChI is InChI=1S/C12H13BrClFN2O/c1-7(6-18-2)17-11-3-8(13)9(15)4-10(11)16-12(17)5-14/h3-4,7H,5-6H2,1-2H3. The Bertz CT molecular complexity index is 573. The fraction of sp³-hybridized carbons (Fsp3) is 0.417. The molecule has 0 N–H and O–H groups in total. The highest BCUT2D eigenvalue weighted by atomic mass is 79.9. The summed E-state index contributed by atoms with van der Waals surface area (Å²) in [6, 6.07) is 3.22. The van der Waals surface area contributed by atoms with E-state index in [4.69, 9.17) is 16.3 Å². The number of nitrogens with zero attached hydrogens (tertiary/aromatic N) is 2. The number of aromatic nitrogens is 2. The van der Waals surface area contributed by atoms with Crippen LogP contribution in [0.25, 0.3) is 11.0 Å². The maximum absolute atomic E-state index is 13.5. The number of methoxy groups -OCH3 is 1. The van der Waals surface area contributed by atoms with E-state index in [0.717, 1.165) is 5.52 Å². The van der Waals surface area contributed by atoms with E-state index < -0.39 is 0 Å². The minimum absolute atomic E-state index is 0.0890. The lowest BCUT2D eigenvalue weighted by Crippen LogP contribution is -2.13. The van der Waals surface area contributed by atoms with Crippen molar-refractivity contribution in [1.29, 1.82) is 0 Å². The van der Waals surface area contributed by atoms with E-state index >= 15 is 0 Å². The van der Waals surface area contributed by atoms with Crippen LogP contribution in [0, 0.1) is 5.82 Å². The molecule has 0 aliphatic heterocycles. The molecule has 0 amide bonds. The molecule has 0 radical (unpaired) electrons. The summed E-state index contributed by atoms with van der Waals surface area (Å²) in [4.78, 5) is 4.35. The normalized spacial score (nSPS) is 13.2. The highest BCUT2D eigenvalue weighted by molar-refractivity contribution is 9.10. The lowest BCUT2D eigenvalue weighted by molar-refractivity contribution is 0.163. The van der Waals surface area contributed by atoms with Crippen molar-refractivity contribution >= 4 is 38.6 Å². The van der Waals surface area contributed by atoms with Gasteiger partial charge in [0.25, 0.3) is 0 Å². The van der Waals surface area contributed by atoms with Crippen LogP contribution in [0.2, 0.25) is 0 Å². The zero-order chi connectivity index (χ0) is 13.3. The molecule has 0 fully saturated rings. The summed E-state index contributed by atoms with van der Waals surface area (Å²) < 4.78 is 21.0. The van der Waals surface area contributed by atoms with Crippen molar-refractivity contribution in [2.24, 2.45) is 0 Å². The van der Waals surface area contributed by atoms with E-state index in [2.05, 4.69) is 20.9 Å². The van der Waals surface area contributed by atoms with Crippen molar-refractivity contribution in [2.45, 2.75) is 18.8 Å². The van der Waals surface area contributed by atoms with Gasteiger partial charge in [-0.25, -0.2) is 9.37 Å². The quantitative estimate of drug-likeness (QED) is 0.793.